The Morgan fingerprint density at radius 1 is 1.38 bits per heavy atom. The molecule has 0 saturated carbocycles. The Morgan fingerprint density at radius 2 is 2.19 bits per heavy atom. The van der Waals surface area contributed by atoms with Crippen molar-refractivity contribution in [2.75, 3.05) is 32.9 Å². The third-order valence-corrected chi connectivity index (χ3v) is 6.99. The monoisotopic (exact) mass is 554 g/mol. The van der Waals surface area contributed by atoms with Gasteiger partial charge in [0, 0.05) is 47.0 Å². The van der Waals surface area contributed by atoms with Gasteiger partial charge in [-0.05, 0) is 25.5 Å². The molecule has 0 bridgehead atoms. The third-order valence-electron chi connectivity index (χ3n) is 5.89. The summed E-state index contributed by atoms with van der Waals surface area (Å²) >= 11 is 7.71. The molecule has 37 heavy (non-hydrogen) atoms. The van der Waals surface area contributed by atoms with Crippen LogP contribution in [0.3, 0.4) is 0 Å². The van der Waals surface area contributed by atoms with Gasteiger partial charge >= 0.3 is 11.9 Å². The van der Waals surface area contributed by atoms with Gasteiger partial charge in [0.25, 0.3) is 0 Å². The number of rotatable bonds is 10. The van der Waals surface area contributed by atoms with E-state index >= 15 is 0 Å². The number of esters is 1. The summed E-state index contributed by atoms with van der Waals surface area (Å²) in [5, 5.41) is 14.5. The van der Waals surface area contributed by atoms with Gasteiger partial charge in [-0.1, -0.05) is 17.7 Å². The van der Waals surface area contributed by atoms with E-state index in [-0.39, 0.29) is 43.3 Å². The molecule has 13 heteroatoms. The standard InChI is InChI=1S/C24H25ClF2N4O5S/c1-2-36-24(34)20-18(10-31-9-14(27)7-15(31)11-35-12-19(32)33)29-22(23-28-5-6-37-23)30-21(20)16-4-3-13(26)8-17(16)25/h3-6,8,14-15,21H,2,7,9-12H2,1H3,(H,29,30)(H,32,33). The zero-order chi connectivity index (χ0) is 26.5. The van der Waals surface area contributed by atoms with Crippen molar-refractivity contribution in [3.05, 3.63) is 62.5 Å². The van der Waals surface area contributed by atoms with Crippen LogP contribution in [-0.2, 0) is 19.1 Å². The number of amidine groups is 1. The Kier molecular flexibility index (Phi) is 8.85. The Hall–Kier alpha value is -2.93. The molecule has 2 N–H and O–H groups in total. The summed E-state index contributed by atoms with van der Waals surface area (Å²) in [6, 6.07) is 2.48. The van der Waals surface area contributed by atoms with Crippen LogP contribution in [0.1, 0.15) is 30.0 Å². The lowest BCUT2D eigenvalue weighted by molar-refractivity contribution is -0.143. The van der Waals surface area contributed by atoms with Gasteiger partial charge in [0.15, 0.2) is 10.8 Å². The van der Waals surface area contributed by atoms with Gasteiger partial charge in [-0.3, -0.25) is 9.89 Å². The van der Waals surface area contributed by atoms with E-state index in [1.807, 2.05) is 0 Å². The molecular formula is C24H25ClF2N4O5S. The third kappa shape index (κ3) is 6.50. The largest absolute Gasteiger partial charge is 0.480 e. The summed E-state index contributed by atoms with van der Waals surface area (Å²) < 4.78 is 38.9. The van der Waals surface area contributed by atoms with Crippen LogP contribution in [-0.4, -0.2) is 77.9 Å². The van der Waals surface area contributed by atoms with Crippen LogP contribution in [0.15, 0.2) is 46.0 Å². The minimum Gasteiger partial charge on any atom is -0.480 e. The second kappa shape index (κ2) is 12.1. The molecule has 2 aliphatic rings. The number of carboxylic acid groups (broad SMARTS) is 1. The number of nitrogens with one attached hydrogen (secondary N) is 1. The molecule has 9 nitrogen and oxygen atoms in total. The fraction of sp³-hybridized carbons (Fsp3) is 0.417. The lowest BCUT2D eigenvalue weighted by Crippen LogP contribution is -2.42. The first-order valence-corrected chi connectivity index (χ1v) is 12.8. The number of likely N-dealkylation sites (tertiary alicyclic amines) is 1. The van der Waals surface area contributed by atoms with Gasteiger partial charge in [-0.25, -0.2) is 23.4 Å². The summed E-state index contributed by atoms with van der Waals surface area (Å²) in [5.74, 6) is -1.93. The van der Waals surface area contributed by atoms with Crippen molar-refractivity contribution in [2.45, 2.75) is 31.6 Å². The number of aliphatic imine (C=N–C) groups is 1. The highest BCUT2D eigenvalue weighted by molar-refractivity contribution is 7.11. The minimum atomic E-state index is -1.15. The molecule has 1 aromatic carbocycles. The van der Waals surface area contributed by atoms with Crippen LogP contribution in [0.5, 0.6) is 0 Å². The Labute approximate surface area is 220 Å². The normalized spacial score (nSPS) is 22.1. The van der Waals surface area contributed by atoms with Gasteiger partial charge in [-0.2, -0.15) is 0 Å². The first-order chi connectivity index (χ1) is 17.8. The molecule has 1 aromatic heterocycles. The summed E-state index contributed by atoms with van der Waals surface area (Å²) in [6.07, 6.45) is 0.615. The number of thiazole rings is 1. The van der Waals surface area contributed by atoms with Crippen molar-refractivity contribution in [3.63, 3.8) is 0 Å². The smallest absolute Gasteiger partial charge is 0.338 e. The Bertz CT molecular complexity index is 1210. The average Bonchev–Trinajstić information content (AvgIpc) is 3.49. The lowest BCUT2D eigenvalue weighted by atomic mass is 9.95. The van der Waals surface area contributed by atoms with Gasteiger partial charge in [0.2, 0.25) is 0 Å². The lowest BCUT2D eigenvalue weighted by Gasteiger charge is -2.31. The van der Waals surface area contributed by atoms with E-state index in [9.17, 15) is 18.4 Å². The average molecular weight is 555 g/mol. The summed E-state index contributed by atoms with van der Waals surface area (Å²) in [7, 11) is 0. The van der Waals surface area contributed by atoms with Crippen LogP contribution in [0, 0.1) is 5.82 Å². The fourth-order valence-electron chi connectivity index (χ4n) is 4.34. The number of carbonyl (C=O) groups is 2. The number of carboxylic acids is 1. The number of benzene rings is 1. The quantitative estimate of drug-likeness (QED) is 0.430. The Balaban J connectivity index is 1.74. The highest BCUT2D eigenvalue weighted by Gasteiger charge is 2.38. The molecule has 0 amide bonds. The van der Waals surface area contributed by atoms with Crippen LogP contribution >= 0.6 is 22.9 Å². The number of hydrogen-bond donors (Lipinski definition) is 2. The van der Waals surface area contributed by atoms with Crippen molar-refractivity contribution in [1.29, 1.82) is 0 Å². The van der Waals surface area contributed by atoms with Gasteiger partial charge in [0.05, 0.1) is 18.8 Å². The molecule has 1 fully saturated rings. The number of carbonyl (C=O) groups excluding carboxylic acids is 1. The maximum Gasteiger partial charge on any atom is 0.338 e. The van der Waals surface area contributed by atoms with Crippen LogP contribution < -0.4 is 5.32 Å². The fourth-order valence-corrected chi connectivity index (χ4v) is 5.20. The van der Waals surface area contributed by atoms with Gasteiger partial charge < -0.3 is 19.9 Å². The molecule has 2 aliphatic heterocycles. The zero-order valence-corrected chi connectivity index (χ0v) is 21.4. The van der Waals surface area contributed by atoms with Crippen molar-refractivity contribution < 1.29 is 33.0 Å². The van der Waals surface area contributed by atoms with E-state index in [1.165, 1.54) is 23.5 Å². The molecular weight excluding hydrogens is 530 g/mol. The van der Waals surface area contributed by atoms with E-state index in [2.05, 4.69) is 10.3 Å². The zero-order valence-electron chi connectivity index (χ0n) is 19.8. The second-order valence-electron chi connectivity index (χ2n) is 8.45. The molecule has 2 aromatic rings. The molecule has 3 atom stereocenters. The predicted molar refractivity (Wildman–Crippen MR) is 133 cm³/mol. The highest BCUT2D eigenvalue weighted by Crippen LogP contribution is 2.37. The van der Waals surface area contributed by atoms with Crippen LogP contribution in [0.2, 0.25) is 5.02 Å². The van der Waals surface area contributed by atoms with E-state index in [0.717, 1.165) is 6.07 Å². The summed E-state index contributed by atoms with van der Waals surface area (Å²) in [6.45, 7) is 1.44. The molecule has 3 unspecified atom stereocenters. The molecule has 1 saturated heterocycles. The maximum absolute atomic E-state index is 14.4. The number of alkyl halides is 1. The van der Waals surface area contributed by atoms with Crippen molar-refractivity contribution >= 4 is 40.7 Å². The SMILES string of the molecule is CCOC(=O)C1=C(CN2CC(F)CC2COCC(=O)O)NC(c2nccs2)=NC1c1ccc(F)cc1Cl. The first kappa shape index (κ1) is 27.1. The van der Waals surface area contributed by atoms with Crippen molar-refractivity contribution in [3.8, 4) is 0 Å². The summed E-state index contributed by atoms with van der Waals surface area (Å²) in [4.78, 5) is 34.9. The molecule has 4 rings (SSSR count). The van der Waals surface area contributed by atoms with Gasteiger partial charge in [0.1, 0.15) is 24.6 Å². The van der Waals surface area contributed by atoms with E-state index in [4.69, 9.17) is 31.2 Å². The molecule has 0 spiro atoms. The minimum absolute atomic E-state index is 0.00931. The van der Waals surface area contributed by atoms with E-state index in [1.54, 1.807) is 23.4 Å². The van der Waals surface area contributed by atoms with E-state index in [0.29, 0.717) is 22.1 Å². The number of nitrogens with zero attached hydrogens (tertiary/aromatic N) is 3. The van der Waals surface area contributed by atoms with E-state index < -0.39 is 42.6 Å². The molecule has 198 valence electrons. The highest BCUT2D eigenvalue weighted by atomic mass is 35.5. The predicted octanol–water partition coefficient (Wildman–Crippen LogP) is 3.36. The number of aliphatic carboxylic acids is 1. The Morgan fingerprint density at radius 3 is 2.86 bits per heavy atom. The molecule has 3 heterocycles. The first-order valence-electron chi connectivity index (χ1n) is 11.5. The van der Waals surface area contributed by atoms with Crippen molar-refractivity contribution in [2.24, 2.45) is 4.99 Å². The van der Waals surface area contributed by atoms with Crippen molar-refractivity contribution in [1.82, 2.24) is 15.2 Å². The second-order valence-corrected chi connectivity index (χ2v) is 9.75. The number of aromatic nitrogens is 1. The van der Waals surface area contributed by atoms with Crippen LogP contribution in [0.25, 0.3) is 0 Å². The molecule has 0 aliphatic carbocycles. The number of ether oxygens (including phenoxy) is 2. The number of halogens is 3. The van der Waals surface area contributed by atoms with Gasteiger partial charge in [-0.15, -0.1) is 11.3 Å². The maximum atomic E-state index is 14.4. The summed E-state index contributed by atoms with van der Waals surface area (Å²) in [5.41, 5.74) is 0.954. The molecule has 0 radical (unpaired) electrons. The topological polar surface area (TPSA) is 113 Å². The number of hydrogen-bond acceptors (Lipinski definition) is 9. The van der Waals surface area contributed by atoms with Crippen LogP contribution in [0.4, 0.5) is 8.78 Å².